The normalized spacial score (nSPS) is 15.7. The monoisotopic (exact) mass is 314 g/mol. The summed E-state index contributed by atoms with van der Waals surface area (Å²) in [6.45, 7) is 0.215. The third-order valence-electron chi connectivity index (χ3n) is 3.43. The SMILES string of the molecule is CN(CC(=O)NCC(O)COc1ccc(F)c(F)c1)C1CC1. The number of nitrogens with zero attached hydrogens (tertiary/aromatic N) is 1. The van der Waals surface area contributed by atoms with Crippen molar-refractivity contribution in [3.63, 3.8) is 0 Å². The number of ether oxygens (including phenoxy) is 1. The lowest BCUT2D eigenvalue weighted by atomic mass is 10.3. The van der Waals surface area contributed by atoms with Crippen LogP contribution in [0.4, 0.5) is 8.78 Å². The van der Waals surface area contributed by atoms with E-state index in [1.165, 1.54) is 6.07 Å². The van der Waals surface area contributed by atoms with Crippen LogP contribution in [-0.2, 0) is 4.79 Å². The van der Waals surface area contributed by atoms with Crippen molar-refractivity contribution in [2.75, 3.05) is 26.7 Å². The van der Waals surface area contributed by atoms with Gasteiger partial charge in [0.05, 0.1) is 6.54 Å². The summed E-state index contributed by atoms with van der Waals surface area (Å²) in [5, 5.41) is 12.3. The maximum absolute atomic E-state index is 13.0. The zero-order valence-electron chi connectivity index (χ0n) is 12.4. The quantitative estimate of drug-likeness (QED) is 0.749. The summed E-state index contributed by atoms with van der Waals surface area (Å²) < 4.78 is 30.9. The summed E-state index contributed by atoms with van der Waals surface area (Å²) in [7, 11) is 1.89. The Morgan fingerprint density at radius 3 is 2.82 bits per heavy atom. The van der Waals surface area contributed by atoms with Gasteiger partial charge in [0.2, 0.25) is 5.91 Å². The van der Waals surface area contributed by atoms with Gasteiger partial charge in [-0.15, -0.1) is 0 Å². The number of carbonyl (C=O) groups excluding carboxylic acids is 1. The van der Waals surface area contributed by atoms with Crippen molar-refractivity contribution in [2.24, 2.45) is 0 Å². The molecule has 1 saturated carbocycles. The summed E-state index contributed by atoms with van der Waals surface area (Å²) in [4.78, 5) is 13.6. The summed E-state index contributed by atoms with van der Waals surface area (Å²) in [6, 6.07) is 3.62. The topological polar surface area (TPSA) is 61.8 Å². The van der Waals surface area contributed by atoms with Crippen molar-refractivity contribution >= 4 is 5.91 Å². The van der Waals surface area contributed by atoms with Crippen molar-refractivity contribution in [3.05, 3.63) is 29.8 Å². The van der Waals surface area contributed by atoms with Gasteiger partial charge in [0, 0.05) is 18.7 Å². The van der Waals surface area contributed by atoms with E-state index < -0.39 is 17.7 Å². The number of aliphatic hydroxyl groups excluding tert-OH is 1. The molecule has 0 aromatic heterocycles. The van der Waals surface area contributed by atoms with Crippen molar-refractivity contribution in [1.82, 2.24) is 10.2 Å². The number of amides is 1. The molecule has 7 heteroatoms. The molecule has 0 aliphatic heterocycles. The Morgan fingerprint density at radius 1 is 1.45 bits per heavy atom. The first-order valence-electron chi connectivity index (χ1n) is 7.18. The lowest BCUT2D eigenvalue weighted by molar-refractivity contribution is -0.122. The number of hydrogen-bond acceptors (Lipinski definition) is 4. The summed E-state index contributed by atoms with van der Waals surface area (Å²) in [5.41, 5.74) is 0. The summed E-state index contributed by atoms with van der Waals surface area (Å²) >= 11 is 0. The average Bonchev–Trinajstić information content (AvgIpc) is 3.31. The molecular weight excluding hydrogens is 294 g/mol. The van der Waals surface area contributed by atoms with Gasteiger partial charge in [0.25, 0.3) is 0 Å². The number of aliphatic hydroxyl groups is 1. The Bertz CT molecular complexity index is 524. The van der Waals surface area contributed by atoms with E-state index in [1.54, 1.807) is 0 Å². The van der Waals surface area contributed by atoms with Gasteiger partial charge in [-0.05, 0) is 32.0 Å². The molecule has 0 saturated heterocycles. The zero-order valence-corrected chi connectivity index (χ0v) is 12.4. The maximum Gasteiger partial charge on any atom is 0.234 e. The lowest BCUT2D eigenvalue weighted by Crippen LogP contribution is -2.41. The predicted molar refractivity (Wildman–Crippen MR) is 76.5 cm³/mol. The number of benzene rings is 1. The first-order valence-corrected chi connectivity index (χ1v) is 7.18. The number of halogens is 2. The lowest BCUT2D eigenvalue weighted by Gasteiger charge is -2.17. The molecule has 122 valence electrons. The van der Waals surface area contributed by atoms with Crippen LogP contribution in [0.15, 0.2) is 18.2 Å². The number of hydrogen-bond donors (Lipinski definition) is 2. The van der Waals surface area contributed by atoms with Crippen molar-refractivity contribution in [1.29, 1.82) is 0 Å². The standard InChI is InChI=1S/C15H20F2N2O3/c1-19(10-2-3-10)8-15(21)18-7-11(20)9-22-12-4-5-13(16)14(17)6-12/h4-6,10-11,20H,2-3,7-9H2,1H3,(H,18,21). The molecule has 2 rings (SSSR count). The highest BCUT2D eigenvalue weighted by atomic mass is 19.2. The molecule has 0 heterocycles. The van der Waals surface area contributed by atoms with Gasteiger partial charge in [0.1, 0.15) is 18.5 Å². The second-order valence-electron chi connectivity index (χ2n) is 5.49. The molecule has 22 heavy (non-hydrogen) atoms. The molecule has 1 aromatic carbocycles. The minimum Gasteiger partial charge on any atom is -0.491 e. The van der Waals surface area contributed by atoms with Crippen LogP contribution in [0, 0.1) is 11.6 Å². The van der Waals surface area contributed by atoms with E-state index in [4.69, 9.17) is 4.74 Å². The van der Waals surface area contributed by atoms with Crippen LogP contribution in [0.3, 0.4) is 0 Å². The molecule has 1 atom stereocenters. The molecule has 5 nitrogen and oxygen atoms in total. The number of likely N-dealkylation sites (N-methyl/N-ethyl adjacent to an activating group) is 1. The Labute approximate surface area is 127 Å². The first kappa shape index (κ1) is 16.6. The maximum atomic E-state index is 13.0. The van der Waals surface area contributed by atoms with Crippen LogP contribution in [0.2, 0.25) is 0 Å². The van der Waals surface area contributed by atoms with Gasteiger partial charge >= 0.3 is 0 Å². The number of nitrogens with one attached hydrogen (secondary N) is 1. The van der Waals surface area contributed by atoms with E-state index in [0.717, 1.165) is 25.0 Å². The third kappa shape index (κ3) is 5.23. The Balaban J connectivity index is 1.65. The molecule has 1 aromatic rings. The second-order valence-corrected chi connectivity index (χ2v) is 5.49. The van der Waals surface area contributed by atoms with E-state index in [2.05, 4.69) is 5.32 Å². The first-order chi connectivity index (χ1) is 10.5. The molecule has 1 amide bonds. The highest BCUT2D eigenvalue weighted by Gasteiger charge is 2.27. The molecule has 0 spiro atoms. The van der Waals surface area contributed by atoms with Gasteiger partial charge < -0.3 is 15.2 Å². The van der Waals surface area contributed by atoms with Crippen LogP contribution in [0.25, 0.3) is 0 Å². The Kier molecular flexibility index (Phi) is 5.68. The van der Waals surface area contributed by atoms with Crippen LogP contribution in [0.1, 0.15) is 12.8 Å². The number of carbonyl (C=O) groups is 1. The molecule has 1 aliphatic rings. The van der Waals surface area contributed by atoms with E-state index in [1.807, 2.05) is 11.9 Å². The van der Waals surface area contributed by atoms with Gasteiger partial charge in [-0.25, -0.2) is 8.78 Å². The molecular formula is C15H20F2N2O3. The van der Waals surface area contributed by atoms with Crippen molar-refractivity contribution in [3.8, 4) is 5.75 Å². The minimum absolute atomic E-state index is 0.0427. The molecule has 1 unspecified atom stereocenters. The summed E-state index contributed by atoms with van der Waals surface area (Å²) in [5.74, 6) is -2.01. The van der Waals surface area contributed by atoms with Gasteiger partial charge in [-0.2, -0.15) is 0 Å². The largest absolute Gasteiger partial charge is 0.491 e. The van der Waals surface area contributed by atoms with Gasteiger partial charge in [-0.3, -0.25) is 9.69 Å². The summed E-state index contributed by atoms with van der Waals surface area (Å²) in [6.07, 6.45) is 1.31. The van der Waals surface area contributed by atoms with Gasteiger partial charge in [0.15, 0.2) is 11.6 Å². The fraction of sp³-hybridized carbons (Fsp3) is 0.533. The van der Waals surface area contributed by atoms with E-state index >= 15 is 0 Å². The minimum atomic E-state index is -1.01. The zero-order chi connectivity index (χ0) is 16.1. The van der Waals surface area contributed by atoms with Crippen LogP contribution in [0.5, 0.6) is 5.75 Å². The molecule has 1 fully saturated rings. The average molecular weight is 314 g/mol. The number of rotatable bonds is 8. The highest BCUT2D eigenvalue weighted by molar-refractivity contribution is 5.78. The van der Waals surface area contributed by atoms with Gasteiger partial charge in [-0.1, -0.05) is 0 Å². The molecule has 0 radical (unpaired) electrons. The molecule has 0 bridgehead atoms. The van der Waals surface area contributed by atoms with Crippen molar-refractivity contribution in [2.45, 2.75) is 25.0 Å². The van der Waals surface area contributed by atoms with E-state index in [9.17, 15) is 18.7 Å². The predicted octanol–water partition coefficient (Wildman–Crippen LogP) is 0.915. The van der Waals surface area contributed by atoms with Crippen LogP contribution in [-0.4, -0.2) is 54.8 Å². The fourth-order valence-corrected chi connectivity index (χ4v) is 1.98. The fourth-order valence-electron chi connectivity index (χ4n) is 1.98. The van der Waals surface area contributed by atoms with E-state index in [0.29, 0.717) is 12.6 Å². The van der Waals surface area contributed by atoms with Crippen molar-refractivity contribution < 1.29 is 23.4 Å². The molecule has 1 aliphatic carbocycles. The van der Waals surface area contributed by atoms with Crippen LogP contribution >= 0.6 is 0 Å². The van der Waals surface area contributed by atoms with Crippen LogP contribution < -0.4 is 10.1 Å². The highest BCUT2D eigenvalue weighted by Crippen LogP contribution is 2.24. The Hall–Kier alpha value is -1.73. The van der Waals surface area contributed by atoms with E-state index in [-0.39, 0.29) is 24.8 Å². The third-order valence-corrected chi connectivity index (χ3v) is 3.43. The Morgan fingerprint density at radius 2 is 2.18 bits per heavy atom. The smallest absolute Gasteiger partial charge is 0.234 e. The second kappa shape index (κ2) is 7.51. The molecule has 2 N–H and O–H groups in total.